The Morgan fingerprint density at radius 1 is 1.38 bits per heavy atom. The van der Waals surface area contributed by atoms with E-state index in [9.17, 15) is 4.79 Å². The lowest BCUT2D eigenvalue weighted by Crippen LogP contribution is -2.21. The molecule has 0 aromatic carbocycles. The molecule has 0 aliphatic rings. The van der Waals surface area contributed by atoms with Crippen molar-refractivity contribution in [3.8, 4) is 0 Å². The molecule has 0 fully saturated rings. The fourth-order valence-corrected chi connectivity index (χ4v) is 1.51. The predicted molar refractivity (Wildman–Crippen MR) is 57.4 cm³/mol. The van der Waals surface area contributed by atoms with Crippen LogP contribution >= 0.6 is 11.8 Å². The van der Waals surface area contributed by atoms with Gasteiger partial charge in [-0.15, -0.1) is 0 Å². The quantitative estimate of drug-likeness (QED) is 0.610. The highest BCUT2D eigenvalue weighted by Crippen LogP contribution is 1.98. The Balaban J connectivity index is 3.19. The van der Waals surface area contributed by atoms with Gasteiger partial charge in [0.2, 0.25) is 0 Å². The minimum atomic E-state index is -0.697. The highest BCUT2D eigenvalue weighted by molar-refractivity contribution is 7.98. The Hall–Kier alpha value is -0.220. The zero-order valence-electron chi connectivity index (χ0n) is 8.45. The average Bonchev–Trinajstić information content (AvgIpc) is 2.04. The lowest BCUT2D eigenvalue weighted by molar-refractivity contribution is -0.137. The van der Waals surface area contributed by atoms with Crippen molar-refractivity contribution in [1.82, 2.24) is 4.90 Å². The largest absolute Gasteiger partial charge is 0.481 e. The van der Waals surface area contributed by atoms with Crippen LogP contribution in [0.15, 0.2) is 0 Å². The second kappa shape index (κ2) is 8.38. The minimum Gasteiger partial charge on any atom is -0.481 e. The first-order valence-electron chi connectivity index (χ1n) is 4.56. The normalized spacial score (nSPS) is 10.7. The van der Waals surface area contributed by atoms with Crippen molar-refractivity contribution in [2.45, 2.75) is 19.3 Å². The van der Waals surface area contributed by atoms with E-state index in [2.05, 4.69) is 11.2 Å². The van der Waals surface area contributed by atoms with Crippen molar-refractivity contribution in [3.05, 3.63) is 0 Å². The van der Waals surface area contributed by atoms with Gasteiger partial charge in [0, 0.05) is 6.42 Å². The summed E-state index contributed by atoms with van der Waals surface area (Å²) in [7, 11) is 2.04. The van der Waals surface area contributed by atoms with Crippen molar-refractivity contribution < 1.29 is 9.90 Å². The molecule has 4 heteroatoms. The van der Waals surface area contributed by atoms with E-state index in [1.165, 1.54) is 12.2 Å². The minimum absolute atomic E-state index is 0.285. The van der Waals surface area contributed by atoms with Gasteiger partial charge in [-0.1, -0.05) is 0 Å². The summed E-state index contributed by atoms with van der Waals surface area (Å²) in [6, 6.07) is 0. The van der Waals surface area contributed by atoms with Crippen LogP contribution in [0.5, 0.6) is 0 Å². The van der Waals surface area contributed by atoms with Crippen molar-refractivity contribution in [2.24, 2.45) is 0 Å². The van der Waals surface area contributed by atoms with Crippen LogP contribution in [0.25, 0.3) is 0 Å². The molecule has 0 spiro atoms. The highest BCUT2D eigenvalue weighted by atomic mass is 32.2. The molecule has 0 aliphatic carbocycles. The number of hydrogen-bond acceptors (Lipinski definition) is 3. The summed E-state index contributed by atoms with van der Waals surface area (Å²) < 4.78 is 0. The van der Waals surface area contributed by atoms with Crippen LogP contribution in [-0.4, -0.2) is 48.1 Å². The van der Waals surface area contributed by atoms with Crippen LogP contribution in [0.4, 0.5) is 0 Å². The maximum absolute atomic E-state index is 10.2. The number of nitrogens with zero attached hydrogens (tertiary/aromatic N) is 1. The molecule has 0 unspecified atom stereocenters. The molecule has 0 aromatic rings. The summed E-state index contributed by atoms with van der Waals surface area (Å²) in [5.74, 6) is 0.487. The Labute approximate surface area is 84.5 Å². The topological polar surface area (TPSA) is 40.5 Å². The Kier molecular flexibility index (Phi) is 8.24. The molecule has 0 saturated heterocycles. The lowest BCUT2D eigenvalue weighted by atomic mass is 10.3. The average molecular weight is 205 g/mol. The molecule has 78 valence electrons. The molecule has 0 rings (SSSR count). The molecule has 0 aliphatic heterocycles. The van der Waals surface area contributed by atoms with Crippen LogP contribution in [0.2, 0.25) is 0 Å². The fraction of sp³-hybridized carbons (Fsp3) is 0.889. The van der Waals surface area contributed by atoms with Crippen LogP contribution in [0.1, 0.15) is 19.3 Å². The van der Waals surface area contributed by atoms with Crippen molar-refractivity contribution in [1.29, 1.82) is 0 Å². The van der Waals surface area contributed by atoms with E-state index in [4.69, 9.17) is 5.11 Å². The number of rotatable bonds is 8. The Morgan fingerprint density at radius 2 is 2.00 bits per heavy atom. The molecule has 1 N–H and O–H groups in total. The van der Waals surface area contributed by atoms with Crippen molar-refractivity contribution >= 4 is 17.7 Å². The first kappa shape index (κ1) is 12.8. The molecule has 3 nitrogen and oxygen atoms in total. The first-order chi connectivity index (χ1) is 6.16. The number of aliphatic carboxylic acids is 1. The molecule has 0 heterocycles. The lowest BCUT2D eigenvalue weighted by Gasteiger charge is -2.15. The molecule has 0 amide bonds. The molecule has 0 saturated carbocycles. The summed E-state index contributed by atoms with van der Waals surface area (Å²) in [5, 5.41) is 8.42. The van der Waals surface area contributed by atoms with E-state index in [1.807, 2.05) is 18.8 Å². The molecule has 13 heavy (non-hydrogen) atoms. The maximum atomic E-state index is 10.2. The summed E-state index contributed by atoms with van der Waals surface area (Å²) in [6.07, 6.45) is 4.33. The molecule has 0 aromatic heterocycles. The Bertz CT molecular complexity index is 142. The fourth-order valence-electron chi connectivity index (χ4n) is 1.09. The van der Waals surface area contributed by atoms with Gasteiger partial charge in [-0.3, -0.25) is 4.79 Å². The van der Waals surface area contributed by atoms with Gasteiger partial charge in [-0.2, -0.15) is 11.8 Å². The molecule has 0 atom stereocenters. The van der Waals surface area contributed by atoms with Crippen molar-refractivity contribution in [3.63, 3.8) is 0 Å². The van der Waals surface area contributed by atoms with E-state index in [0.29, 0.717) is 0 Å². The molecular formula is C9H19NO2S. The predicted octanol–water partition coefficient (Wildman–Crippen LogP) is 1.54. The van der Waals surface area contributed by atoms with Crippen LogP contribution in [0.3, 0.4) is 0 Å². The number of carbonyl (C=O) groups is 1. The summed E-state index contributed by atoms with van der Waals surface area (Å²) in [4.78, 5) is 12.4. The zero-order chi connectivity index (χ0) is 10.1. The van der Waals surface area contributed by atoms with Gasteiger partial charge in [0.1, 0.15) is 0 Å². The van der Waals surface area contributed by atoms with E-state index < -0.39 is 5.97 Å². The molecule has 0 bridgehead atoms. The SMILES string of the molecule is CSCCCN(C)CCCC(=O)O. The van der Waals surface area contributed by atoms with E-state index in [0.717, 1.165) is 19.5 Å². The third kappa shape index (κ3) is 9.70. The van der Waals surface area contributed by atoms with Crippen LogP contribution in [-0.2, 0) is 4.79 Å². The van der Waals surface area contributed by atoms with Gasteiger partial charge in [0.25, 0.3) is 0 Å². The second-order valence-electron chi connectivity index (χ2n) is 3.15. The van der Waals surface area contributed by atoms with Gasteiger partial charge in [-0.05, 0) is 45.0 Å². The second-order valence-corrected chi connectivity index (χ2v) is 4.13. The molecule has 0 radical (unpaired) electrons. The summed E-state index contributed by atoms with van der Waals surface area (Å²) in [6.45, 7) is 1.96. The standard InChI is InChI=1S/C9H19NO2S/c1-10(7-4-8-13-2)6-3-5-9(11)12/h3-8H2,1-2H3,(H,11,12). The summed E-state index contributed by atoms with van der Waals surface area (Å²) >= 11 is 1.85. The zero-order valence-corrected chi connectivity index (χ0v) is 9.27. The van der Waals surface area contributed by atoms with Crippen molar-refractivity contribution in [2.75, 3.05) is 32.1 Å². The maximum Gasteiger partial charge on any atom is 0.303 e. The van der Waals surface area contributed by atoms with Gasteiger partial charge >= 0.3 is 5.97 Å². The van der Waals surface area contributed by atoms with E-state index in [-0.39, 0.29) is 6.42 Å². The highest BCUT2D eigenvalue weighted by Gasteiger charge is 2.00. The number of carboxylic acids is 1. The molecular weight excluding hydrogens is 186 g/mol. The van der Waals surface area contributed by atoms with Gasteiger partial charge in [0.05, 0.1) is 0 Å². The Morgan fingerprint density at radius 3 is 2.54 bits per heavy atom. The van der Waals surface area contributed by atoms with Gasteiger partial charge in [-0.25, -0.2) is 0 Å². The third-order valence-corrected chi connectivity index (χ3v) is 2.52. The monoisotopic (exact) mass is 205 g/mol. The van der Waals surface area contributed by atoms with E-state index >= 15 is 0 Å². The van der Waals surface area contributed by atoms with Crippen LogP contribution < -0.4 is 0 Å². The smallest absolute Gasteiger partial charge is 0.303 e. The number of carboxylic acid groups (broad SMARTS) is 1. The van der Waals surface area contributed by atoms with Gasteiger partial charge in [0.15, 0.2) is 0 Å². The number of hydrogen-bond donors (Lipinski definition) is 1. The third-order valence-electron chi connectivity index (χ3n) is 1.82. The first-order valence-corrected chi connectivity index (χ1v) is 5.95. The number of thioether (sulfide) groups is 1. The van der Waals surface area contributed by atoms with Gasteiger partial charge < -0.3 is 10.0 Å². The van der Waals surface area contributed by atoms with Crippen LogP contribution in [0, 0.1) is 0 Å². The summed E-state index contributed by atoms with van der Waals surface area (Å²) in [5.41, 5.74) is 0. The van der Waals surface area contributed by atoms with E-state index in [1.54, 1.807) is 0 Å².